The van der Waals surface area contributed by atoms with Gasteiger partial charge in [0, 0.05) is 0 Å². The van der Waals surface area contributed by atoms with E-state index in [0.29, 0.717) is 6.07 Å². The van der Waals surface area contributed by atoms with Gasteiger partial charge >= 0.3 is 6.18 Å². The molecular formula is C13H8F5NO. The first-order chi connectivity index (χ1) is 9.29. The van der Waals surface area contributed by atoms with Gasteiger partial charge in [-0.2, -0.15) is 17.6 Å². The molecule has 7 heteroatoms. The molecule has 0 fully saturated rings. The second-order valence-electron chi connectivity index (χ2n) is 3.91. The minimum Gasteiger partial charge on any atom is -0.452 e. The Morgan fingerprint density at radius 2 is 1.70 bits per heavy atom. The fourth-order valence-corrected chi connectivity index (χ4v) is 1.50. The normalized spacial score (nSPS) is 11.4. The van der Waals surface area contributed by atoms with Crippen molar-refractivity contribution >= 4 is 5.69 Å². The first-order valence-corrected chi connectivity index (χ1v) is 5.37. The molecule has 106 valence electrons. The number of nitrogens with two attached hydrogens (primary N) is 1. The molecule has 0 spiro atoms. The summed E-state index contributed by atoms with van der Waals surface area (Å²) in [6, 6.07) is 5.62. The molecule has 0 amide bonds. The first-order valence-electron chi connectivity index (χ1n) is 5.37. The molecule has 2 N–H and O–H groups in total. The van der Waals surface area contributed by atoms with E-state index in [1.165, 1.54) is 6.07 Å². The van der Waals surface area contributed by atoms with Crippen LogP contribution in [0.3, 0.4) is 0 Å². The molecule has 2 nitrogen and oxygen atoms in total. The smallest absolute Gasteiger partial charge is 0.416 e. The Labute approximate surface area is 110 Å². The Kier molecular flexibility index (Phi) is 3.52. The molecule has 0 atom stereocenters. The zero-order valence-electron chi connectivity index (χ0n) is 9.84. The Balaban J connectivity index is 2.39. The highest BCUT2D eigenvalue weighted by Crippen LogP contribution is 2.35. The molecular weight excluding hydrogens is 281 g/mol. The highest BCUT2D eigenvalue weighted by Gasteiger charge is 2.30. The zero-order chi connectivity index (χ0) is 14.9. The Morgan fingerprint density at radius 1 is 1.00 bits per heavy atom. The van der Waals surface area contributed by atoms with Crippen LogP contribution in [0.2, 0.25) is 0 Å². The number of anilines is 1. The summed E-state index contributed by atoms with van der Waals surface area (Å²) in [5, 5.41) is 0. The lowest BCUT2D eigenvalue weighted by Crippen LogP contribution is -2.05. The van der Waals surface area contributed by atoms with Gasteiger partial charge in [-0.15, -0.1) is 0 Å². The third kappa shape index (κ3) is 2.81. The fourth-order valence-electron chi connectivity index (χ4n) is 1.50. The topological polar surface area (TPSA) is 35.2 Å². The van der Waals surface area contributed by atoms with Crippen LogP contribution >= 0.6 is 0 Å². The van der Waals surface area contributed by atoms with Crippen LogP contribution in [0.25, 0.3) is 0 Å². The van der Waals surface area contributed by atoms with E-state index in [1.807, 2.05) is 0 Å². The molecule has 2 aromatic rings. The van der Waals surface area contributed by atoms with Gasteiger partial charge in [0.05, 0.1) is 11.3 Å². The van der Waals surface area contributed by atoms with Crippen LogP contribution in [0.15, 0.2) is 36.4 Å². The van der Waals surface area contributed by atoms with Gasteiger partial charge in [0.15, 0.2) is 11.6 Å². The van der Waals surface area contributed by atoms with Crippen molar-refractivity contribution in [3.8, 4) is 11.5 Å². The number of ether oxygens (including phenoxy) is 1. The summed E-state index contributed by atoms with van der Waals surface area (Å²) in [4.78, 5) is 0. The lowest BCUT2D eigenvalue weighted by molar-refractivity contribution is -0.137. The molecule has 0 aliphatic carbocycles. The number of rotatable bonds is 2. The summed E-state index contributed by atoms with van der Waals surface area (Å²) in [5.41, 5.74) is 4.22. The zero-order valence-corrected chi connectivity index (χ0v) is 9.84. The first kappa shape index (κ1) is 14.1. The van der Waals surface area contributed by atoms with Gasteiger partial charge in [-0.1, -0.05) is 6.07 Å². The molecule has 0 saturated carbocycles. The predicted octanol–water partition coefficient (Wildman–Crippen LogP) is 4.36. The van der Waals surface area contributed by atoms with Crippen LogP contribution in [0.4, 0.5) is 27.6 Å². The quantitative estimate of drug-likeness (QED) is 0.658. The van der Waals surface area contributed by atoms with Crippen LogP contribution < -0.4 is 10.5 Å². The van der Waals surface area contributed by atoms with Crippen molar-refractivity contribution in [3.63, 3.8) is 0 Å². The Bertz CT molecular complexity index is 639. The minimum absolute atomic E-state index is 0.221. The number of hydrogen-bond donors (Lipinski definition) is 1. The molecule has 20 heavy (non-hydrogen) atoms. The van der Waals surface area contributed by atoms with Crippen molar-refractivity contribution in [1.29, 1.82) is 0 Å². The third-order valence-electron chi connectivity index (χ3n) is 2.46. The molecule has 0 unspecified atom stereocenters. The lowest BCUT2D eigenvalue weighted by Gasteiger charge is -2.12. The lowest BCUT2D eigenvalue weighted by atomic mass is 10.2. The van der Waals surface area contributed by atoms with Crippen molar-refractivity contribution in [2.45, 2.75) is 6.18 Å². The molecule has 0 aliphatic rings. The summed E-state index contributed by atoms with van der Waals surface area (Å²) >= 11 is 0. The predicted molar refractivity (Wildman–Crippen MR) is 62.3 cm³/mol. The Hall–Kier alpha value is -2.31. The van der Waals surface area contributed by atoms with Crippen molar-refractivity contribution in [1.82, 2.24) is 0 Å². The molecule has 0 saturated heterocycles. The summed E-state index contributed by atoms with van der Waals surface area (Å²) in [5.74, 6) is -3.51. The van der Waals surface area contributed by atoms with E-state index in [-0.39, 0.29) is 11.4 Å². The van der Waals surface area contributed by atoms with Gasteiger partial charge in [0.25, 0.3) is 0 Å². The molecule has 0 aromatic heterocycles. The van der Waals surface area contributed by atoms with Gasteiger partial charge in [-0.05, 0) is 30.3 Å². The van der Waals surface area contributed by atoms with Crippen LogP contribution in [-0.2, 0) is 6.18 Å². The van der Waals surface area contributed by atoms with Crippen LogP contribution in [0, 0.1) is 11.6 Å². The van der Waals surface area contributed by atoms with Crippen molar-refractivity contribution < 1.29 is 26.7 Å². The van der Waals surface area contributed by atoms with Gasteiger partial charge in [0.1, 0.15) is 5.75 Å². The summed E-state index contributed by atoms with van der Waals surface area (Å²) in [6.07, 6.45) is -4.56. The van der Waals surface area contributed by atoms with Crippen LogP contribution in [-0.4, -0.2) is 0 Å². The Morgan fingerprint density at radius 3 is 2.35 bits per heavy atom. The van der Waals surface area contributed by atoms with Gasteiger partial charge in [0.2, 0.25) is 5.82 Å². The maximum absolute atomic E-state index is 13.5. The van der Waals surface area contributed by atoms with E-state index in [4.69, 9.17) is 10.5 Å². The van der Waals surface area contributed by atoms with E-state index in [2.05, 4.69) is 0 Å². The highest BCUT2D eigenvalue weighted by molar-refractivity contribution is 5.55. The summed E-state index contributed by atoms with van der Waals surface area (Å²) in [6.45, 7) is 0. The van der Waals surface area contributed by atoms with Crippen LogP contribution in [0.5, 0.6) is 11.5 Å². The van der Waals surface area contributed by atoms with Crippen molar-refractivity contribution in [2.75, 3.05) is 5.73 Å². The average Bonchev–Trinajstić information content (AvgIpc) is 2.39. The molecule has 0 aliphatic heterocycles. The number of alkyl halides is 3. The minimum atomic E-state index is -4.56. The van der Waals surface area contributed by atoms with Gasteiger partial charge < -0.3 is 10.5 Å². The standard InChI is InChI=1S/C13H8F5NO/c14-9-4-5-10(19)12(11(9)15)20-8-3-1-2-7(6-8)13(16,17)18/h1-6H,19H2. The van der Waals surface area contributed by atoms with E-state index < -0.39 is 29.1 Å². The van der Waals surface area contributed by atoms with E-state index in [1.54, 1.807) is 0 Å². The highest BCUT2D eigenvalue weighted by atomic mass is 19.4. The number of halogens is 5. The molecule has 0 heterocycles. The molecule has 2 rings (SSSR count). The second-order valence-corrected chi connectivity index (χ2v) is 3.91. The SMILES string of the molecule is Nc1ccc(F)c(F)c1Oc1cccc(C(F)(F)F)c1. The molecule has 0 bridgehead atoms. The monoisotopic (exact) mass is 289 g/mol. The third-order valence-corrected chi connectivity index (χ3v) is 2.46. The van der Waals surface area contributed by atoms with E-state index >= 15 is 0 Å². The van der Waals surface area contributed by atoms with Crippen LogP contribution in [0.1, 0.15) is 5.56 Å². The van der Waals surface area contributed by atoms with Crippen molar-refractivity contribution in [2.24, 2.45) is 0 Å². The van der Waals surface area contributed by atoms with Crippen molar-refractivity contribution in [3.05, 3.63) is 53.6 Å². The van der Waals surface area contributed by atoms with Gasteiger partial charge in [-0.3, -0.25) is 0 Å². The molecule has 2 aromatic carbocycles. The number of nitrogen functional groups attached to an aromatic ring is 1. The molecule has 0 radical (unpaired) electrons. The summed E-state index contributed by atoms with van der Waals surface area (Å²) in [7, 11) is 0. The largest absolute Gasteiger partial charge is 0.452 e. The summed E-state index contributed by atoms with van der Waals surface area (Å²) < 4.78 is 69.0. The fraction of sp³-hybridized carbons (Fsp3) is 0.0769. The maximum Gasteiger partial charge on any atom is 0.416 e. The van der Waals surface area contributed by atoms with E-state index in [0.717, 1.165) is 24.3 Å². The maximum atomic E-state index is 13.5. The number of benzene rings is 2. The second kappa shape index (κ2) is 4.99. The average molecular weight is 289 g/mol. The van der Waals surface area contributed by atoms with E-state index in [9.17, 15) is 22.0 Å². The number of hydrogen-bond acceptors (Lipinski definition) is 2. The van der Waals surface area contributed by atoms with Gasteiger partial charge in [-0.25, -0.2) is 4.39 Å².